The van der Waals surface area contributed by atoms with Crippen LogP contribution in [-0.2, 0) is 24.2 Å². The third-order valence-corrected chi connectivity index (χ3v) is 7.87. The maximum Gasteiger partial charge on any atom is 0.233 e. The molecule has 0 bridgehead atoms. The molecule has 0 aliphatic heterocycles. The molecule has 0 aromatic carbocycles. The van der Waals surface area contributed by atoms with Gasteiger partial charge in [0.1, 0.15) is 16.2 Å². The van der Waals surface area contributed by atoms with Gasteiger partial charge in [-0.25, -0.2) is 9.97 Å². The summed E-state index contributed by atoms with van der Waals surface area (Å²) in [6.45, 7) is 4.85. The van der Waals surface area contributed by atoms with Crippen LogP contribution in [0.1, 0.15) is 35.6 Å². The summed E-state index contributed by atoms with van der Waals surface area (Å²) in [5, 5.41) is 6.99. The molecule has 3 aromatic heterocycles. The summed E-state index contributed by atoms with van der Waals surface area (Å²) in [4.78, 5) is 25.2. The molecule has 0 saturated carbocycles. The standard InChI is InChI=1S/C19H21N3OS3/c1-11-5-6-14-15(8-11)26-19-16(14)18(21-10-22-19)25-12(2)17(23)20-9-13-4-3-7-24-13/h3-4,7,10-12H,5-6,8-9H2,1-2H3,(H,20,23)/t11-,12+/m1/s1. The lowest BCUT2D eigenvalue weighted by molar-refractivity contribution is -0.120. The van der Waals surface area contributed by atoms with Gasteiger partial charge < -0.3 is 5.32 Å². The predicted molar refractivity (Wildman–Crippen MR) is 110 cm³/mol. The zero-order chi connectivity index (χ0) is 18.1. The molecule has 1 aliphatic rings. The van der Waals surface area contributed by atoms with E-state index in [1.165, 1.54) is 27.1 Å². The molecule has 0 fully saturated rings. The molecule has 0 radical (unpaired) electrons. The third-order valence-electron chi connectivity index (χ3n) is 4.73. The number of carbonyl (C=O) groups is 1. The van der Waals surface area contributed by atoms with Gasteiger partial charge in [0.2, 0.25) is 5.91 Å². The van der Waals surface area contributed by atoms with Gasteiger partial charge in [0, 0.05) is 15.1 Å². The molecule has 0 spiro atoms. The summed E-state index contributed by atoms with van der Waals surface area (Å²) in [5.41, 5.74) is 1.41. The van der Waals surface area contributed by atoms with Crippen molar-refractivity contribution in [2.75, 3.05) is 0 Å². The van der Waals surface area contributed by atoms with E-state index in [0.717, 1.165) is 28.6 Å². The maximum atomic E-state index is 12.5. The topological polar surface area (TPSA) is 54.9 Å². The Bertz CT molecular complexity index is 920. The first-order valence-electron chi connectivity index (χ1n) is 8.84. The van der Waals surface area contributed by atoms with Gasteiger partial charge in [-0.15, -0.1) is 22.7 Å². The van der Waals surface area contributed by atoms with E-state index in [-0.39, 0.29) is 11.2 Å². The number of fused-ring (bicyclic) bond motifs is 3. The van der Waals surface area contributed by atoms with Crippen molar-refractivity contribution < 1.29 is 4.79 Å². The van der Waals surface area contributed by atoms with Crippen LogP contribution < -0.4 is 5.32 Å². The predicted octanol–water partition coefficient (Wildman–Crippen LogP) is 4.67. The van der Waals surface area contributed by atoms with Gasteiger partial charge >= 0.3 is 0 Å². The number of rotatable bonds is 5. The molecule has 26 heavy (non-hydrogen) atoms. The van der Waals surface area contributed by atoms with E-state index in [4.69, 9.17) is 0 Å². The lowest BCUT2D eigenvalue weighted by atomic mass is 9.89. The molecular weight excluding hydrogens is 382 g/mol. The number of aryl methyl sites for hydroxylation is 1. The fraction of sp³-hybridized carbons (Fsp3) is 0.421. The van der Waals surface area contributed by atoms with Gasteiger partial charge in [0.25, 0.3) is 0 Å². The molecule has 1 amide bonds. The van der Waals surface area contributed by atoms with Crippen LogP contribution in [0.25, 0.3) is 10.2 Å². The Labute approximate surface area is 165 Å². The first-order valence-corrected chi connectivity index (χ1v) is 11.4. The van der Waals surface area contributed by atoms with E-state index >= 15 is 0 Å². The summed E-state index contributed by atoms with van der Waals surface area (Å²) in [7, 11) is 0. The van der Waals surface area contributed by atoms with E-state index < -0.39 is 0 Å². The highest BCUT2D eigenvalue weighted by molar-refractivity contribution is 8.00. The van der Waals surface area contributed by atoms with Crippen molar-refractivity contribution >= 4 is 50.6 Å². The second-order valence-corrected chi connectivity index (χ2v) is 10.2. The minimum Gasteiger partial charge on any atom is -0.350 e. The summed E-state index contributed by atoms with van der Waals surface area (Å²) >= 11 is 5.00. The van der Waals surface area contributed by atoms with Crippen molar-refractivity contribution in [1.29, 1.82) is 0 Å². The normalized spacial score (nSPS) is 17.8. The van der Waals surface area contributed by atoms with E-state index in [9.17, 15) is 4.79 Å². The van der Waals surface area contributed by atoms with Crippen LogP contribution in [0.15, 0.2) is 28.9 Å². The van der Waals surface area contributed by atoms with Gasteiger partial charge in [-0.3, -0.25) is 4.79 Å². The smallest absolute Gasteiger partial charge is 0.233 e. The van der Waals surface area contributed by atoms with Gasteiger partial charge in [-0.1, -0.05) is 24.8 Å². The van der Waals surface area contributed by atoms with E-state index in [2.05, 4.69) is 22.2 Å². The number of amides is 1. The number of nitrogens with zero attached hydrogens (tertiary/aromatic N) is 2. The number of hydrogen-bond acceptors (Lipinski definition) is 6. The van der Waals surface area contributed by atoms with Crippen LogP contribution in [-0.4, -0.2) is 21.1 Å². The number of hydrogen-bond donors (Lipinski definition) is 1. The summed E-state index contributed by atoms with van der Waals surface area (Å²) in [6, 6.07) is 4.04. The molecule has 4 nitrogen and oxygen atoms in total. The molecule has 0 unspecified atom stereocenters. The zero-order valence-corrected chi connectivity index (χ0v) is 17.3. The van der Waals surface area contributed by atoms with Crippen molar-refractivity contribution in [3.8, 4) is 0 Å². The molecule has 0 saturated heterocycles. The third kappa shape index (κ3) is 3.66. The molecule has 3 aromatic rings. The highest BCUT2D eigenvalue weighted by Gasteiger charge is 2.25. The van der Waals surface area contributed by atoms with Crippen molar-refractivity contribution in [2.24, 2.45) is 5.92 Å². The van der Waals surface area contributed by atoms with Gasteiger partial charge in [-0.2, -0.15) is 0 Å². The Morgan fingerprint density at radius 1 is 1.46 bits per heavy atom. The van der Waals surface area contributed by atoms with Crippen LogP contribution in [0.4, 0.5) is 0 Å². The highest BCUT2D eigenvalue weighted by atomic mass is 32.2. The zero-order valence-electron chi connectivity index (χ0n) is 14.8. The van der Waals surface area contributed by atoms with E-state index in [0.29, 0.717) is 6.54 Å². The van der Waals surface area contributed by atoms with Crippen LogP contribution in [0.3, 0.4) is 0 Å². The first kappa shape index (κ1) is 17.9. The van der Waals surface area contributed by atoms with Crippen molar-refractivity contribution in [1.82, 2.24) is 15.3 Å². The summed E-state index contributed by atoms with van der Waals surface area (Å²) < 4.78 is 0. The monoisotopic (exact) mass is 403 g/mol. The summed E-state index contributed by atoms with van der Waals surface area (Å²) in [5.74, 6) is 0.787. The molecule has 7 heteroatoms. The number of carbonyl (C=O) groups excluding carboxylic acids is 1. The minimum absolute atomic E-state index is 0.0490. The summed E-state index contributed by atoms with van der Waals surface area (Å²) in [6.07, 6.45) is 5.08. The van der Waals surface area contributed by atoms with Gasteiger partial charge in [-0.05, 0) is 49.1 Å². The quantitative estimate of drug-likeness (QED) is 0.497. The van der Waals surface area contributed by atoms with Gasteiger partial charge in [0.05, 0.1) is 11.8 Å². The fourth-order valence-corrected chi connectivity index (χ4v) is 6.32. The molecule has 1 N–H and O–H groups in total. The molecule has 4 rings (SSSR count). The fourth-order valence-electron chi connectivity index (χ4n) is 3.29. The van der Waals surface area contributed by atoms with E-state index in [1.54, 1.807) is 40.8 Å². The molecular formula is C19H21N3OS3. The largest absolute Gasteiger partial charge is 0.350 e. The number of aromatic nitrogens is 2. The maximum absolute atomic E-state index is 12.5. The number of nitrogens with one attached hydrogen (secondary N) is 1. The first-order chi connectivity index (χ1) is 12.6. The Balaban J connectivity index is 1.52. The molecule has 1 aliphatic carbocycles. The minimum atomic E-state index is -0.189. The van der Waals surface area contributed by atoms with Crippen LogP contribution in [0, 0.1) is 5.92 Å². The van der Waals surface area contributed by atoms with Crippen molar-refractivity contribution in [3.05, 3.63) is 39.2 Å². The SMILES string of the molecule is C[C@@H]1CCc2c(sc3ncnc(S[C@@H](C)C(=O)NCc4cccs4)c23)C1. The average Bonchev–Trinajstić information content (AvgIpc) is 3.26. The van der Waals surface area contributed by atoms with E-state index in [1.807, 2.05) is 24.4 Å². The second kappa shape index (κ2) is 7.66. The van der Waals surface area contributed by atoms with Crippen LogP contribution in [0.5, 0.6) is 0 Å². The van der Waals surface area contributed by atoms with Crippen LogP contribution >= 0.6 is 34.4 Å². The Morgan fingerprint density at radius 3 is 3.15 bits per heavy atom. The highest BCUT2D eigenvalue weighted by Crippen LogP contribution is 2.41. The number of thioether (sulfide) groups is 1. The van der Waals surface area contributed by atoms with Crippen LogP contribution in [0.2, 0.25) is 0 Å². The average molecular weight is 404 g/mol. The molecule has 136 valence electrons. The lowest BCUT2D eigenvalue weighted by Gasteiger charge is -2.18. The van der Waals surface area contributed by atoms with Gasteiger partial charge in [0.15, 0.2) is 0 Å². The Kier molecular flexibility index (Phi) is 5.29. The van der Waals surface area contributed by atoms with Crippen molar-refractivity contribution in [3.63, 3.8) is 0 Å². The van der Waals surface area contributed by atoms with Crippen molar-refractivity contribution in [2.45, 2.75) is 49.9 Å². The lowest BCUT2D eigenvalue weighted by Crippen LogP contribution is -2.30. The molecule has 2 atom stereocenters. The molecule has 3 heterocycles. The Hall–Kier alpha value is -1.44. The Morgan fingerprint density at radius 2 is 2.35 bits per heavy atom. The second-order valence-electron chi connectivity index (χ2n) is 6.77. The number of thiophene rings is 2.